The Hall–Kier alpha value is -2.43. The van der Waals surface area contributed by atoms with E-state index in [1.807, 2.05) is 0 Å². The third kappa shape index (κ3) is 3.04. The van der Waals surface area contributed by atoms with Gasteiger partial charge in [0.2, 0.25) is 0 Å². The average Bonchev–Trinajstić information content (AvgIpc) is 2.29. The summed E-state index contributed by atoms with van der Waals surface area (Å²) in [6.07, 6.45) is -5.06. The number of esters is 1. The lowest BCUT2D eigenvalue weighted by Crippen LogP contribution is -2.18. The molecule has 0 aromatic heterocycles. The number of carbonyl (C=O) groups excluding carboxylic acids is 1. The lowest BCUT2D eigenvalue weighted by atomic mass is 10.1. The summed E-state index contributed by atoms with van der Waals surface area (Å²) in [7, 11) is 0.977. The van der Waals surface area contributed by atoms with Crippen LogP contribution < -0.4 is 4.74 Å². The molecule has 1 N–H and O–H groups in total. The number of phenolic OH excluding ortho intramolecular Hbond substituents is 1. The van der Waals surface area contributed by atoms with E-state index in [-0.39, 0.29) is 5.56 Å². The van der Waals surface area contributed by atoms with E-state index >= 15 is 0 Å². The van der Waals surface area contributed by atoms with Gasteiger partial charge in [-0.15, -0.1) is 13.2 Å². The van der Waals surface area contributed by atoms with Crippen molar-refractivity contribution in [3.8, 4) is 17.6 Å². The molecule has 1 aromatic rings. The second-order valence-electron chi connectivity index (χ2n) is 3.02. The average molecular weight is 261 g/mol. The molecular weight excluding hydrogens is 255 g/mol. The van der Waals surface area contributed by atoms with Crippen LogP contribution in [0, 0.1) is 11.3 Å². The normalized spacial score (nSPS) is 10.6. The van der Waals surface area contributed by atoms with Crippen molar-refractivity contribution in [2.24, 2.45) is 0 Å². The first-order valence-corrected chi connectivity index (χ1v) is 4.39. The van der Waals surface area contributed by atoms with Gasteiger partial charge >= 0.3 is 12.3 Å². The van der Waals surface area contributed by atoms with E-state index < -0.39 is 29.4 Å². The molecule has 0 unspecified atom stereocenters. The minimum Gasteiger partial charge on any atom is -0.504 e. The Morgan fingerprint density at radius 3 is 2.50 bits per heavy atom. The van der Waals surface area contributed by atoms with Gasteiger partial charge in [0.25, 0.3) is 0 Å². The SMILES string of the molecule is COC(=O)c1cc(C#N)cc(OC(F)(F)F)c1O. The minimum atomic E-state index is -5.06. The number of phenols is 1. The highest BCUT2D eigenvalue weighted by atomic mass is 19.4. The van der Waals surface area contributed by atoms with Gasteiger partial charge in [0, 0.05) is 6.07 Å². The van der Waals surface area contributed by atoms with Crippen LogP contribution in [0.4, 0.5) is 13.2 Å². The number of hydrogen-bond acceptors (Lipinski definition) is 5. The summed E-state index contributed by atoms with van der Waals surface area (Å²) in [5.41, 5.74) is -0.872. The Morgan fingerprint density at radius 1 is 1.44 bits per heavy atom. The first kappa shape index (κ1) is 13.6. The van der Waals surface area contributed by atoms with Gasteiger partial charge in [0.1, 0.15) is 5.56 Å². The van der Waals surface area contributed by atoms with Gasteiger partial charge in [-0.2, -0.15) is 5.26 Å². The molecule has 1 aromatic carbocycles. The molecule has 0 spiro atoms. The molecule has 0 aliphatic heterocycles. The van der Waals surface area contributed by atoms with Gasteiger partial charge in [-0.25, -0.2) is 4.79 Å². The zero-order valence-electron chi connectivity index (χ0n) is 8.91. The monoisotopic (exact) mass is 261 g/mol. The molecule has 0 radical (unpaired) electrons. The fraction of sp³-hybridized carbons (Fsp3) is 0.200. The summed E-state index contributed by atoms with van der Waals surface area (Å²) < 4.78 is 43.9. The van der Waals surface area contributed by atoms with Crippen LogP contribution in [0.3, 0.4) is 0 Å². The van der Waals surface area contributed by atoms with Gasteiger partial charge in [0.05, 0.1) is 18.7 Å². The summed E-state index contributed by atoms with van der Waals surface area (Å²) in [5, 5.41) is 18.0. The summed E-state index contributed by atoms with van der Waals surface area (Å²) in [4.78, 5) is 11.2. The Morgan fingerprint density at radius 2 is 2.06 bits per heavy atom. The van der Waals surface area contributed by atoms with E-state index in [2.05, 4.69) is 9.47 Å². The summed E-state index contributed by atoms with van der Waals surface area (Å²) in [6.45, 7) is 0. The van der Waals surface area contributed by atoms with E-state index in [4.69, 9.17) is 5.26 Å². The van der Waals surface area contributed by atoms with E-state index in [1.165, 1.54) is 6.07 Å². The molecule has 5 nitrogen and oxygen atoms in total. The van der Waals surface area contributed by atoms with E-state index in [9.17, 15) is 23.1 Å². The van der Waals surface area contributed by atoms with Crippen molar-refractivity contribution in [1.82, 2.24) is 0 Å². The molecular formula is C10H6F3NO4. The Kier molecular flexibility index (Phi) is 3.66. The molecule has 0 aliphatic carbocycles. The number of methoxy groups -OCH3 is 1. The van der Waals surface area contributed by atoms with Gasteiger partial charge in [0.15, 0.2) is 11.5 Å². The van der Waals surface area contributed by atoms with Crippen LogP contribution in [-0.4, -0.2) is 24.5 Å². The summed E-state index contributed by atoms with van der Waals surface area (Å²) >= 11 is 0. The van der Waals surface area contributed by atoms with Crippen molar-refractivity contribution in [2.45, 2.75) is 6.36 Å². The van der Waals surface area contributed by atoms with Crippen molar-refractivity contribution < 1.29 is 32.5 Å². The van der Waals surface area contributed by atoms with Crippen LogP contribution in [-0.2, 0) is 4.74 Å². The molecule has 0 atom stereocenters. The predicted molar refractivity (Wildman–Crippen MR) is 50.8 cm³/mol. The van der Waals surface area contributed by atoms with Gasteiger partial charge in [-0.1, -0.05) is 0 Å². The van der Waals surface area contributed by atoms with Crippen LogP contribution in [0.5, 0.6) is 11.5 Å². The first-order chi connectivity index (χ1) is 8.28. The van der Waals surface area contributed by atoms with Crippen molar-refractivity contribution >= 4 is 5.97 Å². The maximum absolute atomic E-state index is 12.0. The second-order valence-corrected chi connectivity index (χ2v) is 3.02. The van der Waals surface area contributed by atoms with Crippen LogP contribution in [0.15, 0.2) is 12.1 Å². The van der Waals surface area contributed by atoms with Crippen molar-refractivity contribution in [3.63, 3.8) is 0 Å². The standard InChI is InChI=1S/C10H6F3NO4/c1-17-9(16)6-2-5(4-14)3-7(8(6)15)18-10(11,12)13/h2-3,15H,1H3. The van der Waals surface area contributed by atoms with Crippen LogP contribution in [0.2, 0.25) is 0 Å². The number of nitriles is 1. The van der Waals surface area contributed by atoms with Crippen molar-refractivity contribution in [2.75, 3.05) is 7.11 Å². The lowest BCUT2D eigenvalue weighted by Gasteiger charge is -2.12. The van der Waals surface area contributed by atoms with Gasteiger partial charge < -0.3 is 14.6 Å². The predicted octanol–water partition coefficient (Wildman–Crippen LogP) is 1.95. The number of aromatic hydroxyl groups is 1. The number of carbonyl (C=O) groups is 1. The van der Waals surface area contributed by atoms with Crippen molar-refractivity contribution in [3.05, 3.63) is 23.3 Å². The van der Waals surface area contributed by atoms with Crippen LogP contribution >= 0.6 is 0 Å². The Labute approximate surface area is 99.0 Å². The molecule has 0 amide bonds. The summed E-state index contributed by atoms with van der Waals surface area (Å²) in [5.74, 6) is -3.17. The first-order valence-electron chi connectivity index (χ1n) is 4.39. The highest BCUT2D eigenvalue weighted by Gasteiger charge is 2.33. The number of halogens is 3. The van der Waals surface area contributed by atoms with E-state index in [0.717, 1.165) is 13.2 Å². The fourth-order valence-electron chi connectivity index (χ4n) is 1.14. The van der Waals surface area contributed by atoms with Crippen LogP contribution in [0.25, 0.3) is 0 Å². The quantitative estimate of drug-likeness (QED) is 0.823. The molecule has 96 valence electrons. The van der Waals surface area contributed by atoms with Gasteiger partial charge in [-0.05, 0) is 6.07 Å². The Bertz CT molecular complexity index is 519. The molecule has 0 fully saturated rings. The van der Waals surface area contributed by atoms with Crippen LogP contribution in [0.1, 0.15) is 15.9 Å². The molecule has 0 aliphatic rings. The maximum atomic E-state index is 12.0. The highest BCUT2D eigenvalue weighted by molar-refractivity contribution is 5.93. The minimum absolute atomic E-state index is 0.285. The smallest absolute Gasteiger partial charge is 0.504 e. The molecule has 0 heterocycles. The van der Waals surface area contributed by atoms with E-state index in [0.29, 0.717) is 6.07 Å². The van der Waals surface area contributed by atoms with Gasteiger partial charge in [-0.3, -0.25) is 0 Å². The second kappa shape index (κ2) is 4.83. The number of ether oxygens (including phenoxy) is 2. The van der Waals surface area contributed by atoms with Crippen molar-refractivity contribution in [1.29, 1.82) is 5.26 Å². The third-order valence-electron chi connectivity index (χ3n) is 1.84. The summed E-state index contributed by atoms with van der Waals surface area (Å²) in [6, 6.07) is 3.09. The Balaban J connectivity index is 3.35. The topological polar surface area (TPSA) is 79.6 Å². The molecule has 0 bridgehead atoms. The number of hydrogen-bond donors (Lipinski definition) is 1. The molecule has 0 saturated heterocycles. The fourth-order valence-corrected chi connectivity index (χ4v) is 1.14. The zero-order chi connectivity index (χ0) is 13.9. The number of alkyl halides is 3. The number of rotatable bonds is 2. The largest absolute Gasteiger partial charge is 0.573 e. The number of benzene rings is 1. The molecule has 1 rings (SSSR count). The molecule has 0 saturated carbocycles. The highest BCUT2D eigenvalue weighted by Crippen LogP contribution is 2.35. The third-order valence-corrected chi connectivity index (χ3v) is 1.84. The zero-order valence-corrected chi connectivity index (χ0v) is 8.91. The molecule has 8 heteroatoms. The number of nitrogens with zero attached hydrogens (tertiary/aromatic N) is 1. The maximum Gasteiger partial charge on any atom is 0.573 e. The van der Waals surface area contributed by atoms with E-state index in [1.54, 1.807) is 0 Å². The molecule has 18 heavy (non-hydrogen) atoms. The lowest BCUT2D eigenvalue weighted by molar-refractivity contribution is -0.275.